The first-order valence-corrected chi connectivity index (χ1v) is 5.85. The van der Waals surface area contributed by atoms with Crippen LogP contribution in [0.4, 0.5) is 0 Å². The summed E-state index contributed by atoms with van der Waals surface area (Å²) in [6.07, 6.45) is 4.72. The van der Waals surface area contributed by atoms with Crippen LogP contribution in [0.25, 0.3) is 0 Å². The molecule has 0 saturated carbocycles. The monoisotopic (exact) mass is 230 g/mol. The van der Waals surface area contributed by atoms with Crippen molar-refractivity contribution in [3.63, 3.8) is 0 Å². The van der Waals surface area contributed by atoms with Crippen LogP contribution < -0.4 is 5.32 Å². The Balaban J connectivity index is 1.73. The predicted octanol–water partition coefficient (Wildman–Crippen LogP) is 1.46. The fraction of sp³-hybridized carbons (Fsp3) is 0.385. The van der Waals surface area contributed by atoms with Crippen LogP contribution in [-0.4, -0.2) is 21.3 Å². The second-order valence-electron chi connectivity index (χ2n) is 4.20. The SMILES string of the molecule is Cc1ccc(CNCCc2ccnn2C)nc1. The van der Waals surface area contributed by atoms with E-state index in [1.807, 2.05) is 37.1 Å². The molecule has 0 atom stereocenters. The normalized spacial score (nSPS) is 10.7. The number of hydrogen-bond donors (Lipinski definition) is 1. The van der Waals surface area contributed by atoms with Gasteiger partial charge in [0.15, 0.2) is 0 Å². The smallest absolute Gasteiger partial charge is 0.0541 e. The number of hydrogen-bond acceptors (Lipinski definition) is 3. The molecule has 4 nitrogen and oxygen atoms in total. The molecule has 0 fully saturated rings. The summed E-state index contributed by atoms with van der Waals surface area (Å²) in [5.74, 6) is 0. The molecule has 0 saturated heterocycles. The van der Waals surface area contributed by atoms with Crippen LogP contribution in [0.1, 0.15) is 17.0 Å². The maximum absolute atomic E-state index is 4.35. The van der Waals surface area contributed by atoms with E-state index in [0.29, 0.717) is 0 Å². The maximum atomic E-state index is 4.35. The summed E-state index contributed by atoms with van der Waals surface area (Å²) >= 11 is 0. The van der Waals surface area contributed by atoms with Crippen molar-refractivity contribution in [2.24, 2.45) is 7.05 Å². The van der Waals surface area contributed by atoms with E-state index < -0.39 is 0 Å². The van der Waals surface area contributed by atoms with Crippen molar-refractivity contribution in [1.82, 2.24) is 20.1 Å². The second kappa shape index (κ2) is 5.59. The van der Waals surface area contributed by atoms with Crippen molar-refractivity contribution < 1.29 is 0 Å². The standard InChI is InChI=1S/C13H18N4/c1-11-3-4-12(15-9-11)10-14-7-5-13-6-8-16-17(13)2/h3-4,6,8-9,14H,5,7,10H2,1-2H3. The van der Waals surface area contributed by atoms with E-state index in [1.165, 1.54) is 11.3 Å². The van der Waals surface area contributed by atoms with E-state index in [9.17, 15) is 0 Å². The van der Waals surface area contributed by atoms with Crippen molar-refractivity contribution in [3.8, 4) is 0 Å². The molecule has 2 aromatic rings. The molecule has 90 valence electrons. The highest BCUT2D eigenvalue weighted by Gasteiger charge is 1.98. The van der Waals surface area contributed by atoms with Gasteiger partial charge < -0.3 is 5.32 Å². The molecule has 0 aliphatic carbocycles. The van der Waals surface area contributed by atoms with E-state index in [2.05, 4.69) is 27.5 Å². The van der Waals surface area contributed by atoms with Crippen LogP contribution in [0, 0.1) is 6.92 Å². The van der Waals surface area contributed by atoms with Gasteiger partial charge in [-0.25, -0.2) is 0 Å². The van der Waals surface area contributed by atoms with Gasteiger partial charge in [0.25, 0.3) is 0 Å². The zero-order valence-corrected chi connectivity index (χ0v) is 10.3. The highest BCUT2D eigenvalue weighted by molar-refractivity contribution is 5.12. The number of nitrogens with zero attached hydrogens (tertiary/aromatic N) is 3. The van der Waals surface area contributed by atoms with E-state index >= 15 is 0 Å². The lowest BCUT2D eigenvalue weighted by atomic mass is 10.2. The zero-order valence-electron chi connectivity index (χ0n) is 10.3. The van der Waals surface area contributed by atoms with Gasteiger partial charge in [0, 0.05) is 44.6 Å². The summed E-state index contributed by atoms with van der Waals surface area (Å²) < 4.78 is 1.91. The molecular formula is C13H18N4. The summed E-state index contributed by atoms with van der Waals surface area (Å²) in [5.41, 5.74) is 3.53. The van der Waals surface area contributed by atoms with Crippen LogP contribution >= 0.6 is 0 Å². The topological polar surface area (TPSA) is 42.7 Å². The molecule has 0 unspecified atom stereocenters. The Kier molecular flexibility index (Phi) is 3.88. The summed E-state index contributed by atoms with van der Waals surface area (Å²) in [6, 6.07) is 6.20. The van der Waals surface area contributed by atoms with Gasteiger partial charge in [0.05, 0.1) is 5.69 Å². The van der Waals surface area contributed by atoms with E-state index in [0.717, 1.165) is 25.2 Å². The number of aromatic nitrogens is 3. The van der Waals surface area contributed by atoms with Crippen LogP contribution in [0.15, 0.2) is 30.6 Å². The molecular weight excluding hydrogens is 212 g/mol. The molecule has 0 bridgehead atoms. The number of rotatable bonds is 5. The van der Waals surface area contributed by atoms with Crippen LogP contribution in [-0.2, 0) is 20.0 Å². The first-order chi connectivity index (χ1) is 8.25. The molecule has 2 heterocycles. The van der Waals surface area contributed by atoms with Gasteiger partial charge in [-0.15, -0.1) is 0 Å². The van der Waals surface area contributed by atoms with E-state index in [4.69, 9.17) is 0 Å². The second-order valence-corrected chi connectivity index (χ2v) is 4.20. The van der Waals surface area contributed by atoms with Gasteiger partial charge in [0.2, 0.25) is 0 Å². The highest BCUT2D eigenvalue weighted by Crippen LogP contribution is 1.99. The average molecular weight is 230 g/mol. The third-order valence-corrected chi connectivity index (χ3v) is 2.76. The first-order valence-electron chi connectivity index (χ1n) is 5.85. The molecule has 0 radical (unpaired) electrons. The molecule has 2 rings (SSSR count). The van der Waals surface area contributed by atoms with Crippen LogP contribution in [0.3, 0.4) is 0 Å². The molecule has 0 amide bonds. The van der Waals surface area contributed by atoms with Crippen molar-refractivity contribution in [1.29, 1.82) is 0 Å². The Morgan fingerprint density at radius 3 is 2.82 bits per heavy atom. The minimum absolute atomic E-state index is 0.818. The minimum atomic E-state index is 0.818. The molecule has 0 aromatic carbocycles. The van der Waals surface area contributed by atoms with Gasteiger partial charge in [-0.05, 0) is 24.6 Å². The molecule has 4 heteroatoms. The molecule has 17 heavy (non-hydrogen) atoms. The number of aryl methyl sites for hydroxylation is 2. The Bertz CT molecular complexity index is 459. The Hall–Kier alpha value is -1.68. The molecule has 0 aliphatic heterocycles. The Morgan fingerprint density at radius 1 is 1.29 bits per heavy atom. The fourth-order valence-corrected chi connectivity index (χ4v) is 1.68. The van der Waals surface area contributed by atoms with Crippen LogP contribution in [0.5, 0.6) is 0 Å². The largest absolute Gasteiger partial charge is 0.311 e. The summed E-state index contributed by atoms with van der Waals surface area (Å²) in [7, 11) is 1.97. The Labute approximate surface area is 102 Å². The third kappa shape index (κ3) is 3.39. The first kappa shape index (κ1) is 11.8. The van der Waals surface area contributed by atoms with E-state index in [1.54, 1.807) is 0 Å². The van der Waals surface area contributed by atoms with Crippen molar-refractivity contribution >= 4 is 0 Å². The minimum Gasteiger partial charge on any atom is -0.311 e. The summed E-state index contributed by atoms with van der Waals surface area (Å²) in [6.45, 7) is 3.81. The predicted molar refractivity (Wildman–Crippen MR) is 67.6 cm³/mol. The lowest BCUT2D eigenvalue weighted by molar-refractivity contribution is 0.637. The van der Waals surface area contributed by atoms with Gasteiger partial charge in [-0.3, -0.25) is 9.67 Å². The molecule has 1 N–H and O–H groups in total. The lowest BCUT2D eigenvalue weighted by Gasteiger charge is -2.05. The maximum Gasteiger partial charge on any atom is 0.0541 e. The number of pyridine rings is 1. The van der Waals surface area contributed by atoms with Crippen molar-refractivity contribution in [2.45, 2.75) is 19.9 Å². The lowest BCUT2D eigenvalue weighted by Crippen LogP contribution is -2.18. The molecule has 2 aromatic heterocycles. The fourth-order valence-electron chi connectivity index (χ4n) is 1.68. The van der Waals surface area contributed by atoms with Crippen molar-refractivity contribution in [3.05, 3.63) is 47.5 Å². The van der Waals surface area contributed by atoms with Crippen LogP contribution in [0.2, 0.25) is 0 Å². The van der Waals surface area contributed by atoms with Crippen molar-refractivity contribution in [2.75, 3.05) is 6.54 Å². The molecule has 0 aliphatic rings. The quantitative estimate of drug-likeness (QED) is 0.791. The zero-order chi connectivity index (χ0) is 12.1. The van der Waals surface area contributed by atoms with Gasteiger partial charge in [0.1, 0.15) is 0 Å². The third-order valence-electron chi connectivity index (χ3n) is 2.76. The summed E-state index contributed by atoms with van der Waals surface area (Å²) in [5, 5.41) is 7.52. The van der Waals surface area contributed by atoms with Gasteiger partial charge in [-0.2, -0.15) is 5.10 Å². The number of nitrogens with one attached hydrogen (secondary N) is 1. The highest BCUT2D eigenvalue weighted by atomic mass is 15.3. The van der Waals surface area contributed by atoms with E-state index in [-0.39, 0.29) is 0 Å². The Morgan fingerprint density at radius 2 is 2.18 bits per heavy atom. The molecule has 0 spiro atoms. The average Bonchev–Trinajstić information content (AvgIpc) is 2.73. The van der Waals surface area contributed by atoms with Gasteiger partial charge in [-0.1, -0.05) is 6.07 Å². The van der Waals surface area contributed by atoms with Gasteiger partial charge >= 0.3 is 0 Å². The summed E-state index contributed by atoms with van der Waals surface area (Å²) in [4.78, 5) is 4.35.